The quantitative estimate of drug-likeness (QED) is 0.880. The number of fused-ring (bicyclic) bond motifs is 1. The fourth-order valence-corrected chi connectivity index (χ4v) is 3.33. The maximum Gasteiger partial charge on any atom is 0.0495 e. The van der Waals surface area contributed by atoms with Gasteiger partial charge in [0.25, 0.3) is 0 Å². The van der Waals surface area contributed by atoms with Gasteiger partial charge in [0.2, 0.25) is 0 Å². The molecular formula is C16H23NO. The zero-order chi connectivity index (χ0) is 12.4. The van der Waals surface area contributed by atoms with Crippen LogP contribution in [-0.2, 0) is 17.6 Å². The molecule has 1 aromatic carbocycles. The summed E-state index contributed by atoms with van der Waals surface area (Å²) in [4.78, 5) is 0. The zero-order valence-corrected chi connectivity index (χ0v) is 11.2. The molecule has 0 saturated carbocycles. The fraction of sp³-hybridized carbons (Fsp3) is 0.625. The van der Waals surface area contributed by atoms with Gasteiger partial charge in [0.05, 0.1) is 0 Å². The van der Waals surface area contributed by atoms with Gasteiger partial charge in [-0.2, -0.15) is 0 Å². The molecule has 2 unspecified atom stereocenters. The maximum absolute atomic E-state index is 5.48. The van der Waals surface area contributed by atoms with E-state index in [1.807, 2.05) is 0 Å². The van der Waals surface area contributed by atoms with Crippen molar-refractivity contribution in [1.29, 1.82) is 0 Å². The van der Waals surface area contributed by atoms with Crippen LogP contribution in [0, 0.1) is 5.92 Å². The van der Waals surface area contributed by atoms with Gasteiger partial charge in [-0.15, -0.1) is 0 Å². The van der Waals surface area contributed by atoms with Crippen LogP contribution in [0.3, 0.4) is 0 Å². The van der Waals surface area contributed by atoms with Crippen LogP contribution in [-0.4, -0.2) is 20.3 Å². The Morgan fingerprint density at radius 1 is 1.33 bits per heavy atom. The number of hydrogen-bond acceptors (Lipinski definition) is 2. The molecule has 2 aliphatic rings. The van der Waals surface area contributed by atoms with Crippen LogP contribution in [0.25, 0.3) is 0 Å². The number of benzene rings is 1. The summed E-state index contributed by atoms with van der Waals surface area (Å²) in [7, 11) is 2.08. The predicted molar refractivity (Wildman–Crippen MR) is 73.8 cm³/mol. The third-order valence-corrected chi connectivity index (χ3v) is 4.47. The van der Waals surface area contributed by atoms with E-state index < -0.39 is 0 Å². The standard InChI is InChI=1S/C16H23NO/c1-17-16(9-12-7-8-18-11-12)15-6-5-13-3-2-4-14(13)10-15/h5-6,10,12,16-17H,2-4,7-9,11H2,1H3. The van der Waals surface area contributed by atoms with Crippen LogP contribution in [0.4, 0.5) is 0 Å². The second kappa shape index (κ2) is 5.41. The molecule has 1 N–H and O–H groups in total. The van der Waals surface area contributed by atoms with Crippen molar-refractivity contribution in [3.63, 3.8) is 0 Å². The third-order valence-electron chi connectivity index (χ3n) is 4.47. The number of nitrogens with one attached hydrogen (secondary N) is 1. The minimum atomic E-state index is 0.489. The third kappa shape index (κ3) is 2.45. The van der Waals surface area contributed by atoms with E-state index in [2.05, 4.69) is 30.6 Å². The normalized spacial score (nSPS) is 24.2. The van der Waals surface area contributed by atoms with Crippen LogP contribution in [0.2, 0.25) is 0 Å². The smallest absolute Gasteiger partial charge is 0.0495 e. The van der Waals surface area contributed by atoms with Gasteiger partial charge in [-0.05, 0) is 61.8 Å². The molecule has 1 saturated heterocycles. The van der Waals surface area contributed by atoms with Crippen molar-refractivity contribution in [3.05, 3.63) is 34.9 Å². The first kappa shape index (κ1) is 12.2. The Morgan fingerprint density at radius 3 is 3.00 bits per heavy atom. The summed E-state index contributed by atoms with van der Waals surface area (Å²) in [5.74, 6) is 0.732. The molecule has 1 aliphatic heterocycles. The lowest BCUT2D eigenvalue weighted by Crippen LogP contribution is -2.20. The highest BCUT2D eigenvalue weighted by molar-refractivity contribution is 5.36. The molecule has 2 heteroatoms. The molecule has 3 rings (SSSR count). The minimum Gasteiger partial charge on any atom is -0.381 e. The first-order valence-electron chi connectivity index (χ1n) is 7.23. The largest absolute Gasteiger partial charge is 0.381 e. The summed E-state index contributed by atoms with van der Waals surface area (Å²) in [5, 5.41) is 3.48. The first-order chi connectivity index (χ1) is 8.86. The topological polar surface area (TPSA) is 21.3 Å². The second-order valence-corrected chi connectivity index (χ2v) is 5.69. The van der Waals surface area contributed by atoms with Crippen molar-refractivity contribution in [2.45, 2.75) is 38.1 Å². The highest BCUT2D eigenvalue weighted by Gasteiger charge is 2.22. The Balaban J connectivity index is 1.74. The summed E-state index contributed by atoms with van der Waals surface area (Å²) < 4.78 is 5.48. The fourth-order valence-electron chi connectivity index (χ4n) is 3.33. The van der Waals surface area contributed by atoms with Gasteiger partial charge in [0, 0.05) is 19.3 Å². The van der Waals surface area contributed by atoms with Crippen molar-refractivity contribution in [1.82, 2.24) is 5.32 Å². The molecule has 2 atom stereocenters. The Labute approximate surface area is 110 Å². The van der Waals surface area contributed by atoms with Crippen molar-refractivity contribution in [3.8, 4) is 0 Å². The Hall–Kier alpha value is -0.860. The Bertz CT molecular complexity index is 410. The average Bonchev–Trinajstić information content (AvgIpc) is 3.06. The molecule has 0 spiro atoms. The lowest BCUT2D eigenvalue weighted by molar-refractivity contribution is 0.181. The molecule has 18 heavy (non-hydrogen) atoms. The molecule has 98 valence electrons. The summed E-state index contributed by atoms with van der Waals surface area (Å²) >= 11 is 0. The SMILES string of the molecule is CNC(CC1CCOC1)c1ccc2c(c1)CCC2. The summed E-state index contributed by atoms with van der Waals surface area (Å²) in [6, 6.07) is 7.58. The van der Waals surface area contributed by atoms with E-state index in [0.29, 0.717) is 6.04 Å². The van der Waals surface area contributed by atoms with Crippen molar-refractivity contribution in [2.24, 2.45) is 5.92 Å². The van der Waals surface area contributed by atoms with Gasteiger partial charge >= 0.3 is 0 Å². The Morgan fingerprint density at radius 2 is 2.22 bits per heavy atom. The van der Waals surface area contributed by atoms with Crippen LogP contribution >= 0.6 is 0 Å². The van der Waals surface area contributed by atoms with Gasteiger partial charge in [0.15, 0.2) is 0 Å². The summed E-state index contributed by atoms with van der Waals surface area (Å²) in [6.45, 7) is 1.90. The summed E-state index contributed by atoms with van der Waals surface area (Å²) in [5.41, 5.74) is 4.61. The van der Waals surface area contributed by atoms with Crippen molar-refractivity contribution in [2.75, 3.05) is 20.3 Å². The average molecular weight is 245 g/mol. The van der Waals surface area contributed by atoms with Gasteiger partial charge in [-0.25, -0.2) is 0 Å². The van der Waals surface area contributed by atoms with Gasteiger partial charge < -0.3 is 10.1 Å². The second-order valence-electron chi connectivity index (χ2n) is 5.69. The van der Waals surface area contributed by atoms with Gasteiger partial charge in [-0.1, -0.05) is 18.2 Å². The molecule has 1 aromatic rings. The molecule has 1 heterocycles. The number of ether oxygens (including phenoxy) is 1. The molecule has 0 aromatic heterocycles. The van der Waals surface area contributed by atoms with Crippen molar-refractivity contribution < 1.29 is 4.74 Å². The maximum atomic E-state index is 5.48. The van der Waals surface area contributed by atoms with Crippen LogP contribution < -0.4 is 5.32 Å². The van der Waals surface area contributed by atoms with Crippen LogP contribution in [0.15, 0.2) is 18.2 Å². The van der Waals surface area contributed by atoms with Crippen molar-refractivity contribution >= 4 is 0 Å². The highest BCUT2D eigenvalue weighted by Crippen LogP contribution is 2.30. The first-order valence-corrected chi connectivity index (χ1v) is 7.23. The highest BCUT2D eigenvalue weighted by atomic mass is 16.5. The molecule has 0 radical (unpaired) electrons. The predicted octanol–water partition coefficient (Wildman–Crippen LogP) is 2.86. The van der Waals surface area contributed by atoms with E-state index in [1.54, 1.807) is 11.1 Å². The van der Waals surface area contributed by atoms with E-state index in [1.165, 1.54) is 37.7 Å². The van der Waals surface area contributed by atoms with E-state index in [0.717, 1.165) is 19.1 Å². The van der Waals surface area contributed by atoms with E-state index in [9.17, 15) is 0 Å². The Kier molecular flexibility index (Phi) is 3.67. The molecule has 1 fully saturated rings. The summed E-state index contributed by atoms with van der Waals surface area (Å²) in [6.07, 6.45) is 6.31. The van der Waals surface area contributed by atoms with Crippen LogP contribution in [0.5, 0.6) is 0 Å². The van der Waals surface area contributed by atoms with Crippen LogP contribution in [0.1, 0.15) is 42.0 Å². The number of hydrogen-bond donors (Lipinski definition) is 1. The molecule has 2 nitrogen and oxygen atoms in total. The van der Waals surface area contributed by atoms with E-state index in [4.69, 9.17) is 4.74 Å². The molecule has 1 aliphatic carbocycles. The molecule has 0 bridgehead atoms. The lowest BCUT2D eigenvalue weighted by Gasteiger charge is -2.20. The van der Waals surface area contributed by atoms with Gasteiger partial charge in [0.1, 0.15) is 0 Å². The molecule has 0 amide bonds. The number of rotatable bonds is 4. The minimum absolute atomic E-state index is 0.489. The zero-order valence-electron chi connectivity index (χ0n) is 11.2. The monoisotopic (exact) mass is 245 g/mol. The van der Waals surface area contributed by atoms with E-state index >= 15 is 0 Å². The van der Waals surface area contributed by atoms with Gasteiger partial charge in [-0.3, -0.25) is 0 Å². The lowest BCUT2D eigenvalue weighted by atomic mass is 9.92. The number of aryl methyl sites for hydroxylation is 2. The van der Waals surface area contributed by atoms with E-state index in [-0.39, 0.29) is 0 Å². The molecular weight excluding hydrogens is 222 g/mol.